The van der Waals surface area contributed by atoms with Gasteiger partial charge in [0.05, 0.1) is 19.3 Å². The average Bonchev–Trinajstić information content (AvgIpc) is 2.97. The number of aliphatic hydroxyl groups excluding tert-OH is 1. The highest BCUT2D eigenvalue weighted by molar-refractivity contribution is 5.89. The van der Waals surface area contributed by atoms with Crippen LogP contribution in [0, 0.1) is 5.92 Å². The Balaban J connectivity index is 1.56. The first-order valence-corrected chi connectivity index (χ1v) is 8.03. The molecule has 5 nitrogen and oxygen atoms in total. The molecule has 5 heteroatoms. The Kier molecular flexibility index (Phi) is 4.64. The summed E-state index contributed by atoms with van der Waals surface area (Å²) in [5.74, 6) is 0.193. The van der Waals surface area contributed by atoms with E-state index in [2.05, 4.69) is 5.32 Å². The van der Waals surface area contributed by atoms with Crippen LogP contribution in [0.2, 0.25) is 0 Å². The second-order valence-corrected chi connectivity index (χ2v) is 6.40. The van der Waals surface area contributed by atoms with E-state index in [0.29, 0.717) is 19.8 Å². The van der Waals surface area contributed by atoms with Crippen LogP contribution in [0.25, 0.3) is 0 Å². The summed E-state index contributed by atoms with van der Waals surface area (Å²) in [6.07, 6.45) is 3.80. The molecule has 1 aromatic carbocycles. The predicted octanol–water partition coefficient (Wildman–Crippen LogP) is 2.73. The highest BCUT2D eigenvalue weighted by Crippen LogP contribution is 2.26. The van der Waals surface area contributed by atoms with E-state index in [1.54, 1.807) is 11.9 Å². The van der Waals surface area contributed by atoms with Gasteiger partial charge in [0.25, 0.3) is 0 Å². The molecule has 2 aliphatic rings. The molecule has 1 saturated carbocycles. The SMILES string of the molecule is CN(CC1CCCCC1O)C(=O)Nc1ccc2c(c1)COC2. The first kappa shape index (κ1) is 15.3. The molecule has 2 atom stereocenters. The molecule has 0 spiro atoms. The molecule has 1 aromatic rings. The molecule has 1 aliphatic carbocycles. The predicted molar refractivity (Wildman–Crippen MR) is 84.5 cm³/mol. The van der Waals surface area contributed by atoms with Crippen LogP contribution in [0.15, 0.2) is 18.2 Å². The van der Waals surface area contributed by atoms with Crippen LogP contribution in [0.4, 0.5) is 10.5 Å². The molecular weight excluding hydrogens is 280 g/mol. The lowest BCUT2D eigenvalue weighted by molar-refractivity contribution is 0.0575. The van der Waals surface area contributed by atoms with Crippen LogP contribution in [0.3, 0.4) is 0 Å². The Morgan fingerprint density at radius 2 is 2.09 bits per heavy atom. The summed E-state index contributed by atoms with van der Waals surface area (Å²) in [5, 5.41) is 12.9. The van der Waals surface area contributed by atoms with Crippen molar-refractivity contribution in [3.8, 4) is 0 Å². The van der Waals surface area contributed by atoms with Gasteiger partial charge in [-0.2, -0.15) is 0 Å². The summed E-state index contributed by atoms with van der Waals surface area (Å²) in [5.41, 5.74) is 3.13. The lowest BCUT2D eigenvalue weighted by Gasteiger charge is -2.31. The van der Waals surface area contributed by atoms with Gasteiger partial charge in [0.1, 0.15) is 0 Å². The number of benzene rings is 1. The van der Waals surface area contributed by atoms with E-state index >= 15 is 0 Å². The summed E-state index contributed by atoms with van der Waals surface area (Å²) in [4.78, 5) is 14.0. The van der Waals surface area contributed by atoms with Gasteiger partial charge in [0.15, 0.2) is 0 Å². The average molecular weight is 304 g/mol. The molecule has 0 aromatic heterocycles. The number of aliphatic hydroxyl groups is 1. The third-order valence-electron chi connectivity index (χ3n) is 4.70. The summed E-state index contributed by atoms with van der Waals surface area (Å²) in [7, 11) is 1.78. The molecular formula is C17H24N2O3. The zero-order valence-electron chi connectivity index (χ0n) is 13.0. The molecule has 2 unspecified atom stereocenters. The van der Waals surface area contributed by atoms with Gasteiger partial charge in [-0.3, -0.25) is 0 Å². The van der Waals surface area contributed by atoms with Crippen molar-refractivity contribution in [1.82, 2.24) is 4.90 Å². The highest BCUT2D eigenvalue weighted by atomic mass is 16.5. The molecule has 120 valence electrons. The summed E-state index contributed by atoms with van der Waals surface area (Å²) in [6.45, 7) is 1.87. The monoisotopic (exact) mass is 304 g/mol. The molecule has 0 saturated heterocycles. The maximum atomic E-state index is 12.3. The Morgan fingerprint density at radius 3 is 2.91 bits per heavy atom. The fourth-order valence-corrected chi connectivity index (χ4v) is 3.30. The number of urea groups is 1. The third kappa shape index (κ3) is 3.42. The quantitative estimate of drug-likeness (QED) is 0.902. The van der Waals surface area contributed by atoms with Crippen molar-refractivity contribution < 1.29 is 14.6 Å². The van der Waals surface area contributed by atoms with Gasteiger partial charge >= 0.3 is 6.03 Å². The molecule has 22 heavy (non-hydrogen) atoms. The second kappa shape index (κ2) is 6.67. The van der Waals surface area contributed by atoms with Crippen LogP contribution in [0.1, 0.15) is 36.8 Å². The van der Waals surface area contributed by atoms with Gasteiger partial charge in [0, 0.05) is 25.2 Å². The molecule has 2 amide bonds. The maximum Gasteiger partial charge on any atom is 0.321 e. The smallest absolute Gasteiger partial charge is 0.321 e. The van der Waals surface area contributed by atoms with Crippen molar-refractivity contribution in [2.75, 3.05) is 18.9 Å². The van der Waals surface area contributed by atoms with Crippen LogP contribution in [-0.4, -0.2) is 35.7 Å². The second-order valence-electron chi connectivity index (χ2n) is 6.40. The number of hydrogen-bond donors (Lipinski definition) is 2. The van der Waals surface area contributed by atoms with Gasteiger partial charge in [-0.05, 0) is 36.1 Å². The van der Waals surface area contributed by atoms with Crippen molar-refractivity contribution >= 4 is 11.7 Å². The Labute approximate surface area is 131 Å². The van der Waals surface area contributed by atoms with Crippen LogP contribution < -0.4 is 5.32 Å². The molecule has 1 heterocycles. The van der Waals surface area contributed by atoms with Crippen molar-refractivity contribution in [2.45, 2.75) is 45.0 Å². The number of anilines is 1. The normalized spacial score (nSPS) is 23.9. The maximum absolute atomic E-state index is 12.3. The number of carbonyl (C=O) groups excluding carboxylic acids is 1. The zero-order valence-corrected chi connectivity index (χ0v) is 13.0. The molecule has 2 N–H and O–H groups in total. The summed E-state index contributed by atoms with van der Waals surface area (Å²) >= 11 is 0. The fourth-order valence-electron chi connectivity index (χ4n) is 3.30. The Hall–Kier alpha value is -1.59. The fraction of sp³-hybridized carbons (Fsp3) is 0.588. The van der Waals surface area contributed by atoms with Gasteiger partial charge in [0.2, 0.25) is 0 Å². The van der Waals surface area contributed by atoms with Crippen molar-refractivity contribution in [2.24, 2.45) is 5.92 Å². The molecule has 1 fully saturated rings. The van der Waals surface area contributed by atoms with Crippen LogP contribution in [-0.2, 0) is 18.0 Å². The first-order valence-electron chi connectivity index (χ1n) is 8.03. The van der Waals surface area contributed by atoms with Crippen molar-refractivity contribution in [1.29, 1.82) is 0 Å². The van der Waals surface area contributed by atoms with E-state index in [1.165, 1.54) is 5.56 Å². The van der Waals surface area contributed by atoms with E-state index < -0.39 is 0 Å². The number of rotatable bonds is 3. The lowest BCUT2D eigenvalue weighted by Crippen LogP contribution is -2.40. The molecule has 1 aliphatic heterocycles. The zero-order chi connectivity index (χ0) is 15.5. The molecule has 0 bridgehead atoms. The number of ether oxygens (including phenoxy) is 1. The Morgan fingerprint density at radius 1 is 1.32 bits per heavy atom. The highest BCUT2D eigenvalue weighted by Gasteiger charge is 2.25. The third-order valence-corrected chi connectivity index (χ3v) is 4.70. The van der Waals surface area contributed by atoms with Crippen LogP contribution in [0.5, 0.6) is 0 Å². The van der Waals surface area contributed by atoms with Gasteiger partial charge in [-0.15, -0.1) is 0 Å². The topological polar surface area (TPSA) is 61.8 Å². The summed E-state index contributed by atoms with van der Waals surface area (Å²) in [6, 6.07) is 5.76. The number of nitrogens with zero attached hydrogens (tertiary/aromatic N) is 1. The van der Waals surface area contributed by atoms with Crippen molar-refractivity contribution in [3.05, 3.63) is 29.3 Å². The minimum atomic E-state index is -0.277. The van der Waals surface area contributed by atoms with E-state index in [4.69, 9.17) is 4.74 Å². The minimum absolute atomic E-state index is 0.128. The lowest BCUT2D eigenvalue weighted by atomic mass is 9.86. The number of hydrogen-bond acceptors (Lipinski definition) is 3. The van der Waals surface area contributed by atoms with Gasteiger partial charge in [-0.25, -0.2) is 4.79 Å². The number of fused-ring (bicyclic) bond motifs is 1. The largest absolute Gasteiger partial charge is 0.393 e. The molecule has 3 rings (SSSR count). The van der Waals surface area contributed by atoms with Gasteiger partial charge in [-0.1, -0.05) is 18.9 Å². The standard InChI is InChI=1S/C17H24N2O3/c1-19(9-12-4-2-3-5-16(12)20)17(21)18-15-7-6-13-10-22-11-14(13)8-15/h6-8,12,16,20H,2-5,9-11H2,1H3,(H,18,21). The van der Waals surface area contributed by atoms with E-state index in [-0.39, 0.29) is 18.1 Å². The Bertz CT molecular complexity index is 547. The number of carbonyl (C=O) groups is 1. The minimum Gasteiger partial charge on any atom is -0.393 e. The van der Waals surface area contributed by atoms with Gasteiger partial charge < -0.3 is 20.1 Å². The van der Waals surface area contributed by atoms with E-state index in [0.717, 1.165) is 36.9 Å². The molecule has 0 radical (unpaired) electrons. The van der Waals surface area contributed by atoms with Crippen LogP contribution >= 0.6 is 0 Å². The van der Waals surface area contributed by atoms with E-state index in [9.17, 15) is 9.90 Å². The number of amides is 2. The van der Waals surface area contributed by atoms with E-state index in [1.807, 2.05) is 18.2 Å². The first-order chi connectivity index (χ1) is 10.6. The summed E-state index contributed by atoms with van der Waals surface area (Å²) < 4.78 is 5.38. The van der Waals surface area contributed by atoms with Crippen molar-refractivity contribution in [3.63, 3.8) is 0 Å². The number of nitrogens with one attached hydrogen (secondary N) is 1.